The second-order valence-corrected chi connectivity index (χ2v) is 5.28. The van der Waals surface area contributed by atoms with E-state index in [0.29, 0.717) is 0 Å². The summed E-state index contributed by atoms with van der Waals surface area (Å²) in [5.41, 5.74) is 2.98. The maximum atomic E-state index is 11.4. The van der Waals surface area contributed by atoms with Gasteiger partial charge in [0, 0.05) is 18.7 Å². The lowest BCUT2D eigenvalue weighted by Gasteiger charge is -2.15. The van der Waals surface area contributed by atoms with E-state index in [4.69, 9.17) is 0 Å². The number of hydrogen-bond donors (Lipinski definition) is 2. The third-order valence-electron chi connectivity index (χ3n) is 3.91. The van der Waals surface area contributed by atoms with Crippen LogP contribution in [0.25, 0.3) is 22.3 Å². The molecule has 106 valence electrons. The fourth-order valence-electron chi connectivity index (χ4n) is 2.86. The molecule has 2 aromatic heterocycles. The fourth-order valence-corrected chi connectivity index (χ4v) is 2.86. The Kier molecular flexibility index (Phi) is 2.73. The van der Waals surface area contributed by atoms with Gasteiger partial charge in [-0.1, -0.05) is 12.1 Å². The Morgan fingerprint density at radius 3 is 2.62 bits per heavy atom. The number of imidazole rings is 1. The summed E-state index contributed by atoms with van der Waals surface area (Å²) >= 11 is 0. The minimum atomic E-state index is -0.209. The number of para-hydroxylation sites is 1. The van der Waals surface area contributed by atoms with Gasteiger partial charge in [0.25, 0.3) is 0 Å². The first-order valence-corrected chi connectivity index (χ1v) is 7.11. The summed E-state index contributed by atoms with van der Waals surface area (Å²) in [6, 6.07) is 9.66. The Morgan fingerprint density at radius 1 is 1.00 bits per heavy atom. The average Bonchev–Trinajstić information content (AvgIpc) is 3.15. The van der Waals surface area contributed by atoms with Crippen LogP contribution in [-0.4, -0.2) is 33.3 Å². The van der Waals surface area contributed by atoms with E-state index in [1.807, 2.05) is 30.3 Å². The standard InChI is InChI=1S/C15H15N5O/c21-15-16-12-5-3-4-10(14(12)17-15)11-6-7-13(19-18-11)20-8-1-2-9-20/h3-7H,1-2,8-9H2,(H2,16,17,21). The third-order valence-corrected chi connectivity index (χ3v) is 3.91. The number of H-pyrrole nitrogens is 2. The van der Waals surface area contributed by atoms with Crippen LogP contribution in [0.4, 0.5) is 5.82 Å². The Labute approximate surface area is 120 Å². The predicted octanol–water partition coefficient (Wildman–Crippen LogP) is 1.91. The summed E-state index contributed by atoms with van der Waals surface area (Å²) in [5, 5.41) is 8.65. The summed E-state index contributed by atoms with van der Waals surface area (Å²) in [6.07, 6.45) is 2.43. The average molecular weight is 281 g/mol. The summed E-state index contributed by atoms with van der Waals surface area (Å²) in [7, 11) is 0. The van der Waals surface area contributed by atoms with Crippen LogP contribution in [0.3, 0.4) is 0 Å². The number of rotatable bonds is 2. The van der Waals surface area contributed by atoms with E-state index in [1.54, 1.807) is 0 Å². The second kappa shape index (κ2) is 4.73. The Hall–Kier alpha value is -2.63. The summed E-state index contributed by atoms with van der Waals surface area (Å²) in [6.45, 7) is 2.10. The molecule has 1 saturated heterocycles. The van der Waals surface area contributed by atoms with Gasteiger partial charge in [0.05, 0.1) is 16.7 Å². The maximum absolute atomic E-state index is 11.4. The fraction of sp³-hybridized carbons (Fsp3) is 0.267. The number of aromatic amines is 2. The van der Waals surface area contributed by atoms with Gasteiger partial charge >= 0.3 is 5.69 Å². The van der Waals surface area contributed by atoms with E-state index < -0.39 is 0 Å². The molecular weight excluding hydrogens is 266 g/mol. The molecule has 6 heteroatoms. The van der Waals surface area contributed by atoms with Gasteiger partial charge in [0.1, 0.15) is 0 Å². The molecule has 3 aromatic rings. The molecular formula is C15H15N5O. The van der Waals surface area contributed by atoms with E-state index in [9.17, 15) is 4.79 Å². The van der Waals surface area contributed by atoms with Crippen molar-refractivity contribution >= 4 is 16.9 Å². The zero-order valence-corrected chi connectivity index (χ0v) is 11.5. The minimum absolute atomic E-state index is 0.209. The van der Waals surface area contributed by atoms with Crippen molar-refractivity contribution in [2.45, 2.75) is 12.8 Å². The largest absolute Gasteiger partial charge is 0.355 e. The molecule has 0 aliphatic carbocycles. The quantitative estimate of drug-likeness (QED) is 0.752. The van der Waals surface area contributed by atoms with Crippen molar-refractivity contribution in [1.82, 2.24) is 20.2 Å². The number of aromatic nitrogens is 4. The summed E-state index contributed by atoms with van der Waals surface area (Å²) in [5.74, 6) is 0.922. The van der Waals surface area contributed by atoms with E-state index >= 15 is 0 Å². The van der Waals surface area contributed by atoms with Crippen LogP contribution >= 0.6 is 0 Å². The highest BCUT2D eigenvalue weighted by Gasteiger charge is 2.14. The molecule has 3 heterocycles. The van der Waals surface area contributed by atoms with E-state index in [-0.39, 0.29) is 5.69 Å². The Morgan fingerprint density at radius 2 is 1.86 bits per heavy atom. The number of hydrogen-bond acceptors (Lipinski definition) is 4. The number of fused-ring (bicyclic) bond motifs is 1. The highest BCUT2D eigenvalue weighted by atomic mass is 16.1. The van der Waals surface area contributed by atoms with Crippen molar-refractivity contribution in [2.75, 3.05) is 18.0 Å². The Bertz CT molecular complexity index is 827. The molecule has 0 radical (unpaired) electrons. The monoisotopic (exact) mass is 281 g/mol. The second-order valence-electron chi connectivity index (χ2n) is 5.28. The summed E-state index contributed by atoms with van der Waals surface area (Å²) < 4.78 is 0. The molecule has 1 aromatic carbocycles. The van der Waals surface area contributed by atoms with Gasteiger partial charge in [-0.2, -0.15) is 0 Å². The zero-order chi connectivity index (χ0) is 14.2. The number of benzene rings is 1. The number of nitrogens with zero attached hydrogens (tertiary/aromatic N) is 3. The lowest BCUT2D eigenvalue weighted by molar-refractivity contribution is 0.896. The third kappa shape index (κ3) is 2.08. The molecule has 0 spiro atoms. The summed E-state index contributed by atoms with van der Waals surface area (Å²) in [4.78, 5) is 19.3. The van der Waals surface area contributed by atoms with E-state index in [0.717, 1.165) is 41.2 Å². The van der Waals surface area contributed by atoms with Crippen molar-refractivity contribution in [2.24, 2.45) is 0 Å². The van der Waals surface area contributed by atoms with Crippen molar-refractivity contribution in [3.05, 3.63) is 40.8 Å². The highest BCUT2D eigenvalue weighted by molar-refractivity contribution is 5.90. The van der Waals surface area contributed by atoms with Crippen LogP contribution in [-0.2, 0) is 0 Å². The van der Waals surface area contributed by atoms with Gasteiger partial charge in [-0.05, 0) is 31.0 Å². The Balaban J connectivity index is 1.76. The lowest BCUT2D eigenvalue weighted by Crippen LogP contribution is -2.19. The molecule has 1 aliphatic rings. The molecule has 21 heavy (non-hydrogen) atoms. The van der Waals surface area contributed by atoms with Gasteiger partial charge in [-0.25, -0.2) is 4.79 Å². The molecule has 0 bridgehead atoms. The van der Waals surface area contributed by atoms with Gasteiger partial charge in [0.2, 0.25) is 0 Å². The first kappa shape index (κ1) is 12.1. The number of anilines is 1. The minimum Gasteiger partial charge on any atom is -0.355 e. The topological polar surface area (TPSA) is 77.7 Å². The van der Waals surface area contributed by atoms with E-state index in [1.165, 1.54) is 12.8 Å². The SMILES string of the molecule is O=c1[nH]c2cccc(-c3ccc(N4CCCC4)nn3)c2[nH]1. The number of nitrogens with one attached hydrogen (secondary N) is 2. The van der Waals surface area contributed by atoms with Gasteiger partial charge in [-0.15, -0.1) is 10.2 Å². The molecule has 0 unspecified atom stereocenters. The zero-order valence-electron chi connectivity index (χ0n) is 11.5. The van der Waals surface area contributed by atoms with Crippen molar-refractivity contribution < 1.29 is 0 Å². The van der Waals surface area contributed by atoms with Crippen LogP contribution in [0.2, 0.25) is 0 Å². The molecule has 0 saturated carbocycles. The normalized spacial score (nSPS) is 15.0. The highest BCUT2D eigenvalue weighted by Crippen LogP contribution is 2.25. The predicted molar refractivity (Wildman–Crippen MR) is 81.4 cm³/mol. The molecule has 1 fully saturated rings. The van der Waals surface area contributed by atoms with E-state index in [2.05, 4.69) is 25.1 Å². The molecule has 6 nitrogen and oxygen atoms in total. The molecule has 0 amide bonds. The van der Waals surface area contributed by atoms with Crippen LogP contribution < -0.4 is 10.6 Å². The van der Waals surface area contributed by atoms with Crippen LogP contribution in [0.1, 0.15) is 12.8 Å². The van der Waals surface area contributed by atoms with Gasteiger partial charge < -0.3 is 14.9 Å². The van der Waals surface area contributed by atoms with Crippen LogP contribution in [0, 0.1) is 0 Å². The molecule has 1 aliphatic heterocycles. The first-order valence-electron chi connectivity index (χ1n) is 7.11. The first-order chi connectivity index (χ1) is 10.3. The van der Waals surface area contributed by atoms with Gasteiger partial charge in [0.15, 0.2) is 5.82 Å². The molecule has 0 atom stereocenters. The maximum Gasteiger partial charge on any atom is 0.323 e. The lowest BCUT2D eigenvalue weighted by atomic mass is 10.1. The smallest absolute Gasteiger partial charge is 0.323 e. The van der Waals surface area contributed by atoms with Gasteiger partial charge in [-0.3, -0.25) is 0 Å². The van der Waals surface area contributed by atoms with Crippen molar-refractivity contribution in [3.8, 4) is 11.3 Å². The molecule has 2 N–H and O–H groups in total. The van der Waals surface area contributed by atoms with Crippen LogP contribution in [0.15, 0.2) is 35.1 Å². The van der Waals surface area contributed by atoms with Crippen LogP contribution in [0.5, 0.6) is 0 Å². The van der Waals surface area contributed by atoms with Crippen molar-refractivity contribution in [1.29, 1.82) is 0 Å². The van der Waals surface area contributed by atoms with Crippen molar-refractivity contribution in [3.63, 3.8) is 0 Å². The molecule has 4 rings (SSSR count).